The van der Waals surface area contributed by atoms with Crippen molar-refractivity contribution in [2.45, 2.75) is 6.18 Å². The van der Waals surface area contributed by atoms with E-state index in [2.05, 4.69) is 36.8 Å². The minimum absolute atomic E-state index is 0.176. The van der Waals surface area contributed by atoms with Gasteiger partial charge >= 0.3 is 6.18 Å². The predicted molar refractivity (Wildman–Crippen MR) is 72.4 cm³/mol. The summed E-state index contributed by atoms with van der Waals surface area (Å²) in [7, 11) is 0. The summed E-state index contributed by atoms with van der Waals surface area (Å²) in [4.78, 5) is 15.8. The molecular weight excluding hydrogens is 411 g/mol. The number of halogens is 5. The maximum atomic E-state index is 12.8. The summed E-state index contributed by atoms with van der Waals surface area (Å²) in [5.41, 5.74) is -1.27. The maximum Gasteiger partial charge on any atom is 0.417 e. The highest BCUT2D eigenvalue weighted by Crippen LogP contribution is 2.36. The van der Waals surface area contributed by atoms with Crippen LogP contribution < -0.4 is 0 Å². The van der Waals surface area contributed by atoms with Crippen LogP contribution in [-0.4, -0.2) is 10.8 Å². The molecule has 0 fully saturated rings. The number of rotatable bonds is 2. The van der Waals surface area contributed by atoms with Crippen molar-refractivity contribution in [2.24, 2.45) is 0 Å². The van der Waals surface area contributed by atoms with E-state index in [-0.39, 0.29) is 5.56 Å². The number of alkyl halides is 3. The Bertz CT molecular complexity index is 639. The SMILES string of the molecule is O=C(c1cnccc1C(F)(F)F)c1cc(Br)sc1Br. The Labute approximate surface area is 126 Å². The highest BCUT2D eigenvalue weighted by Gasteiger charge is 2.35. The molecule has 100 valence electrons. The van der Waals surface area contributed by atoms with Crippen molar-refractivity contribution in [1.29, 1.82) is 0 Å². The summed E-state index contributed by atoms with van der Waals surface area (Å²) in [5.74, 6) is -0.714. The van der Waals surface area contributed by atoms with Crippen LogP contribution in [0.2, 0.25) is 0 Å². The van der Waals surface area contributed by atoms with Crippen molar-refractivity contribution < 1.29 is 18.0 Å². The summed E-state index contributed by atoms with van der Waals surface area (Å²) >= 11 is 7.55. The fourth-order valence-corrected chi connectivity index (χ4v) is 4.26. The number of aromatic nitrogens is 1. The van der Waals surface area contributed by atoms with E-state index in [1.165, 1.54) is 17.4 Å². The van der Waals surface area contributed by atoms with Crippen molar-refractivity contribution in [1.82, 2.24) is 4.98 Å². The monoisotopic (exact) mass is 413 g/mol. The Hall–Kier alpha value is -0.730. The number of carbonyl (C=O) groups excluding carboxylic acids is 1. The minimum atomic E-state index is -4.59. The van der Waals surface area contributed by atoms with E-state index in [4.69, 9.17) is 0 Å². The molecule has 0 amide bonds. The lowest BCUT2D eigenvalue weighted by molar-refractivity contribution is -0.137. The molecule has 2 rings (SSSR count). The second-order valence-electron chi connectivity index (χ2n) is 3.49. The molecule has 0 saturated heterocycles. The second kappa shape index (κ2) is 5.34. The topological polar surface area (TPSA) is 30.0 Å². The minimum Gasteiger partial charge on any atom is -0.288 e. The van der Waals surface area contributed by atoms with E-state index in [1.54, 1.807) is 0 Å². The van der Waals surface area contributed by atoms with Gasteiger partial charge in [0.05, 0.1) is 18.7 Å². The van der Waals surface area contributed by atoms with Gasteiger partial charge in [-0.25, -0.2) is 0 Å². The molecule has 0 N–H and O–H groups in total. The van der Waals surface area contributed by atoms with Gasteiger partial charge in [-0.2, -0.15) is 13.2 Å². The number of hydrogen-bond donors (Lipinski definition) is 0. The molecule has 0 aliphatic heterocycles. The molecular formula is C11H4Br2F3NOS. The van der Waals surface area contributed by atoms with Crippen LogP contribution in [0.5, 0.6) is 0 Å². The first-order valence-electron chi connectivity index (χ1n) is 4.81. The molecule has 2 aromatic heterocycles. The number of thiophene rings is 1. The second-order valence-corrected chi connectivity index (χ2v) is 7.24. The Balaban J connectivity index is 2.54. The van der Waals surface area contributed by atoms with Gasteiger partial charge in [-0.3, -0.25) is 9.78 Å². The fraction of sp³-hybridized carbons (Fsp3) is 0.0909. The summed E-state index contributed by atoms with van der Waals surface area (Å²) in [6, 6.07) is 2.27. The number of pyridine rings is 1. The third-order valence-electron chi connectivity index (χ3n) is 2.27. The molecule has 0 radical (unpaired) electrons. The van der Waals surface area contributed by atoms with Gasteiger partial charge in [-0.15, -0.1) is 11.3 Å². The third kappa shape index (κ3) is 3.06. The van der Waals surface area contributed by atoms with Gasteiger partial charge in [0.1, 0.15) is 0 Å². The first-order valence-corrected chi connectivity index (χ1v) is 7.21. The third-order valence-corrected chi connectivity index (χ3v) is 4.61. The molecule has 2 aromatic rings. The molecule has 0 spiro atoms. The summed E-state index contributed by atoms with van der Waals surface area (Å²) in [6.45, 7) is 0. The van der Waals surface area contributed by atoms with Crippen molar-refractivity contribution in [3.8, 4) is 0 Å². The van der Waals surface area contributed by atoms with Gasteiger partial charge < -0.3 is 0 Å². The lowest BCUT2D eigenvalue weighted by Gasteiger charge is -2.10. The van der Waals surface area contributed by atoms with E-state index < -0.39 is 23.1 Å². The van der Waals surface area contributed by atoms with E-state index in [0.29, 0.717) is 7.57 Å². The van der Waals surface area contributed by atoms with Gasteiger partial charge in [0.2, 0.25) is 0 Å². The van der Waals surface area contributed by atoms with Gasteiger partial charge in [-0.05, 0) is 44.0 Å². The summed E-state index contributed by atoms with van der Waals surface area (Å²) in [5, 5.41) is 0. The molecule has 8 heteroatoms. The number of hydrogen-bond acceptors (Lipinski definition) is 3. The van der Waals surface area contributed by atoms with Gasteiger partial charge in [0.15, 0.2) is 5.78 Å². The highest BCUT2D eigenvalue weighted by molar-refractivity contribution is 9.12. The first-order chi connectivity index (χ1) is 8.80. The average Bonchev–Trinajstić information content (AvgIpc) is 2.66. The Morgan fingerprint density at radius 2 is 1.95 bits per heavy atom. The van der Waals surface area contributed by atoms with Crippen LogP contribution in [0.3, 0.4) is 0 Å². The zero-order valence-corrected chi connectivity index (χ0v) is 13.0. The molecule has 0 aromatic carbocycles. The van der Waals surface area contributed by atoms with Crippen molar-refractivity contribution in [3.05, 3.63) is 48.8 Å². The number of nitrogens with zero attached hydrogens (tertiary/aromatic N) is 1. The number of carbonyl (C=O) groups is 1. The average molecular weight is 415 g/mol. The Morgan fingerprint density at radius 3 is 2.47 bits per heavy atom. The number of ketones is 1. The van der Waals surface area contributed by atoms with E-state index >= 15 is 0 Å². The van der Waals surface area contributed by atoms with Crippen LogP contribution in [0.1, 0.15) is 21.5 Å². The lowest BCUT2D eigenvalue weighted by Crippen LogP contribution is -2.14. The first kappa shape index (κ1) is 14.7. The molecule has 0 aliphatic carbocycles. The standard InChI is InChI=1S/C11H4Br2F3NOS/c12-8-3-5(10(13)19-8)9(18)6-4-17-2-1-7(6)11(14,15)16/h1-4H. The van der Waals surface area contributed by atoms with E-state index in [9.17, 15) is 18.0 Å². The molecule has 0 saturated carbocycles. The van der Waals surface area contributed by atoms with Crippen molar-refractivity contribution in [3.63, 3.8) is 0 Å². The van der Waals surface area contributed by atoms with Crippen LogP contribution in [0, 0.1) is 0 Å². The van der Waals surface area contributed by atoms with Gasteiger partial charge in [-0.1, -0.05) is 0 Å². The van der Waals surface area contributed by atoms with Gasteiger partial charge in [0.25, 0.3) is 0 Å². The normalized spacial score (nSPS) is 11.6. The Morgan fingerprint density at radius 1 is 1.26 bits per heavy atom. The van der Waals surface area contributed by atoms with Crippen LogP contribution in [0.4, 0.5) is 13.2 Å². The molecule has 0 bridgehead atoms. The van der Waals surface area contributed by atoms with Crippen LogP contribution in [0.25, 0.3) is 0 Å². The summed E-state index contributed by atoms with van der Waals surface area (Å²) in [6.07, 6.45) is -2.64. The molecule has 0 aliphatic rings. The molecule has 0 unspecified atom stereocenters. The summed E-state index contributed by atoms with van der Waals surface area (Å²) < 4.78 is 39.6. The van der Waals surface area contributed by atoms with Crippen LogP contribution in [0.15, 0.2) is 32.1 Å². The Kier molecular flexibility index (Phi) is 4.12. The molecule has 2 heterocycles. The van der Waals surface area contributed by atoms with Gasteiger partial charge in [0, 0.05) is 18.0 Å². The zero-order valence-electron chi connectivity index (χ0n) is 8.96. The van der Waals surface area contributed by atoms with E-state index in [0.717, 1.165) is 18.5 Å². The van der Waals surface area contributed by atoms with Crippen molar-refractivity contribution in [2.75, 3.05) is 0 Å². The van der Waals surface area contributed by atoms with Crippen LogP contribution in [-0.2, 0) is 6.18 Å². The highest BCUT2D eigenvalue weighted by atomic mass is 79.9. The smallest absolute Gasteiger partial charge is 0.288 e. The quantitative estimate of drug-likeness (QED) is 0.653. The predicted octanol–water partition coefficient (Wildman–Crippen LogP) is 4.92. The maximum absolute atomic E-state index is 12.8. The van der Waals surface area contributed by atoms with Crippen LogP contribution >= 0.6 is 43.2 Å². The van der Waals surface area contributed by atoms with E-state index in [1.807, 2.05) is 0 Å². The lowest BCUT2D eigenvalue weighted by atomic mass is 10.0. The zero-order chi connectivity index (χ0) is 14.2. The molecule has 0 atom stereocenters. The molecule has 19 heavy (non-hydrogen) atoms. The molecule has 2 nitrogen and oxygen atoms in total. The largest absolute Gasteiger partial charge is 0.417 e. The van der Waals surface area contributed by atoms with Crippen molar-refractivity contribution >= 4 is 49.0 Å². The fourth-order valence-electron chi connectivity index (χ4n) is 1.46.